The Bertz CT molecular complexity index is 1590. The molecule has 0 bridgehead atoms. The molecule has 0 aliphatic carbocycles. The van der Waals surface area contributed by atoms with Crippen LogP contribution in [0.5, 0.6) is 0 Å². The number of hydrogen-bond acceptors (Lipinski definition) is 8. The highest BCUT2D eigenvalue weighted by Gasteiger charge is 2.27. The summed E-state index contributed by atoms with van der Waals surface area (Å²) in [5.41, 5.74) is 6.59. The van der Waals surface area contributed by atoms with Gasteiger partial charge in [-0.25, -0.2) is 0 Å². The van der Waals surface area contributed by atoms with Gasteiger partial charge >= 0.3 is 23.9 Å². The molecule has 0 spiro atoms. The summed E-state index contributed by atoms with van der Waals surface area (Å²) >= 11 is 0. The number of nitrogens with zero attached hydrogens (tertiary/aromatic N) is 2. The topological polar surface area (TPSA) is 105 Å². The molecule has 3 rings (SSSR count). The maximum absolute atomic E-state index is 12.0. The van der Waals surface area contributed by atoms with E-state index < -0.39 is 0 Å². The Balaban J connectivity index is 1.63. The highest BCUT2D eigenvalue weighted by atomic mass is 16.5. The normalized spacial score (nSPS) is 11.8. The number of esters is 4. The molecule has 0 heterocycles. The first-order valence-electron chi connectivity index (χ1n) is 20.9. The average Bonchev–Trinajstić information content (AvgIpc) is 3.20. The van der Waals surface area contributed by atoms with E-state index in [9.17, 15) is 19.2 Å². The lowest BCUT2D eigenvalue weighted by Gasteiger charge is -2.34. The summed E-state index contributed by atoms with van der Waals surface area (Å²) in [6.45, 7) is 11.8. The number of ether oxygens (including phenoxy) is 4. The van der Waals surface area contributed by atoms with Crippen molar-refractivity contribution in [2.45, 2.75) is 79.1 Å². The summed E-state index contributed by atoms with van der Waals surface area (Å²) in [5, 5.41) is 0. The summed E-state index contributed by atoms with van der Waals surface area (Å²) in [5.74, 6) is -0.733. The van der Waals surface area contributed by atoms with Gasteiger partial charge in [-0.15, -0.1) is 0 Å². The van der Waals surface area contributed by atoms with E-state index >= 15 is 0 Å². The minimum atomic E-state index is -0.183. The van der Waals surface area contributed by atoms with Crippen molar-refractivity contribution in [3.8, 4) is 0 Å². The van der Waals surface area contributed by atoms with E-state index in [-0.39, 0.29) is 23.9 Å². The van der Waals surface area contributed by atoms with Crippen molar-refractivity contribution in [1.82, 2.24) is 8.97 Å². The second kappa shape index (κ2) is 25.3. The monoisotopic (exact) mass is 798 g/mol. The fourth-order valence-corrected chi connectivity index (χ4v) is 6.96. The zero-order chi connectivity index (χ0) is 42.2. The van der Waals surface area contributed by atoms with Crippen LogP contribution in [0.3, 0.4) is 0 Å². The number of carbonyl (C=O) groups is 4. The standard InChI is InChI=1S/C48H66N2O8/c1-7-55-45(51)15-11-35-49(5,36-12-16-46(52)56-8-2)43-31-27-41(28-32-43)25-23-39-19-21-40(22-20-39)24-26-42-29-33-44(34-30-42)50(6,37-13-17-47(53)57-9-3)38-14-18-48(54)58-10-4/h19-34H,7-18,35-38H2,1-6H3/q+2/b25-23+,26-24+. The predicted molar refractivity (Wildman–Crippen MR) is 236 cm³/mol. The minimum absolute atomic E-state index is 0.183. The molecule has 0 aliphatic heterocycles. The lowest BCUT2D eigenvalue weighted by atomic mass is 10.1. The molecule has 0 aromatic heterocycles. The van der Waals surface area contributed by atoms with E-state index in [0.29, 0.717) is 86.8 Å². The molecule has 10 nitrogen and oxygen atoms in total. The number of carbonyl (C=O) groups excluding carboxylic acids is 4. The predicted octanol–water partition coefficient (Wildman–Crippen LogP) is 9.27. The van der Waals surface area contributed by atoms with Crippen LogP contribution in [0.2, 0.25) is 0 Å². The molecular weight excluding hydrogens is 733 g/mol. The largest absolute Gasteiger partial charge is 0.466 e. The number of hydrogen-bond donors (Lipinski definition) is 0. The Hall–Kier alpha value is -5.06. The molecular formula is C48H66N2O8+2. The number of quaternary nitrogens is 2. The summed E-state index contributed by atoms with van der Waals surface area (Å²) < 4.78 is 21.7. The van der Waals surface area contributed by atoms with E-state index in [1.165, 1.54) is 0 Å². The molecule has 314 valence electrons. The zero-order valence-electron chi connectivity index (χ0n) is 35.7. The molecule has 0 unspecified atom stereocenters. The SMILES string of the molecule is CCOC(=O)CCC[N+](C)(CCCC(=O)OCC)c1ccc(/C=C/c2ccc(/C=C/c3ccc([N+](C)(CCCC(=O)OCC)CCCC(=O)OCC)cc3)cc2)cc1. The highest BCUT2D eigenvalue weighted by Crippen LogP contribution is 2.26. The van der Waals surface area contributed by atoms with Crippen LogP contribution in [0.1, 0.15) is 101 Å². The molecule has 0 N–H and O–H groups in total. The van der Waals surface area contributed by atoms with E-state index in [1.54, 1.807) is 0 Å². The van der Waals surface area contributed by atoms with Gasteiger partial charge in [-0.05, 0) is 98.5 Å². The molecule has 0 aliphatic rings. The first-order chi connectivity index (χ1) is 27.9. The number of rotatable bonds is 26. The van der Waals surface area contributed by atoms with Crippen LogP contribution in [0.15, 0.2) is 72.8 Å². The Labute approximate surface area is 346 Å². The molecule has 58 heavy (non-hydrogen) atoms. The molecule has 0 radical (unpaired) electrons. The van der Waals surface area contributed by atoms with E-state index in [0.717, 1.165) is 59.8 Å². The van der Waals surface area contributed by atoms with Crippen LogP contribution < -0.4 is 8.97 Å². The van der Waals surface area contributed by atoms with Gasteiger partial charge in [-0.3, -0.25) is 28.1 Å². The van der Waals surface area contributed by atoms with Crippen molar-refractivity contribution in [3.63, 3.8) is 0 Å². The van der Waals surface area contributed by atoms with Gasteiger partial charge in [0.25, 0.3) is 0 Å². The summed E-state index contributed by atoms with van der Waals surface area (Å²) in [7, 11) is 4.30. The Kier molecular flexibility index (Phi) is 20.7. The quantitative estimate of drug-likeness (QED) is 0.0343. The van der Waals surface area contributed by atoms with Gasteiger partial charge in [-0.2, -0.15) is 0 Å². The summed E-state index contributed by atoms with van der Waals surface area (Å²) in [4.78, 5) is 48.0. The molecule has 0 saturated heterocycles. The van der Waals surface area contributed by atoms with Gasteiger partial charge in [0.2, 0.25) is 0 Å². The van der Waals surface area contributed by atoms with Gasteiger partial charge in [0, 0.05) is 25.7 Å². The van der Waals surface area contributed by atoms with Crippen LogP contribution in [-0.2, 0) is 38.1 Å². The van der Waals surface area contributed by atoms with E-state index in [4.69, 9.17) is 18.9 Å². The molecule has 0 atom stereocenters. The zero-order valence-corrected chi connectivity index (χ0v) is 35.7. The van der Waals surface area contributed by atoms with Crippen molar-refractivity contribution in [2.24, 2.45) is 0 Å². The van der Waals surface area contributed by atoms with Crippen molar-refractivity contribution < 1.29 is 38.1 Å². The van der Waals surface area contributed by atoms with E-state index in [2.05, 4.69) is 111 Å². The van der Waals surface area contributed by atoms with Crippen molar-refractivity contribution in [3.05, 3.63) is 95.1 Å². The number of benzene rings is 3. The Morgan fingerprint density at radius 1 is 0.397 bits per heavy atom. The molecule has 0 fully saturated rings. The van der Waals surface area contributed by atoms with E-state index in [1.807, 2.05) is 27.7 Å². The minimum Gasteiger partial charge on any atom is -0.466 e. The molecule has 0 amide bonds. The fourth-order valence-electron chi connectivity index (χ4n) is 6.96. The summed E-state index contributed by atoms with van der Waals surface area (Å²) in [6, 6.07) is 25.4. The van der Waals surface area contributed by atoms with Crippen LogP contribution in [0.4, 0.5) is 11.4 Å². The maximum Gasteiger partial charge on any atom is 0.305 e. The third-order valence-electron chi connectivity index (χ3n) is 10.3. The van der Waals surface area contributed by atoms with Crippen LogP contribution in [0, 0.1) is 0 Å². The third-order valence-corrected chi connectivity index (χ3v) is 10.3. The van der Waals surface area contributed by atoms with Gasteiger partial charge in [0.1, 0.15) is 11.4 Å². The lowest BCUT2D eigenvalue weighted by molar-refractivity contribution is -0.144. The second-order valence-corrected chi connectivity index (χ2v) is 14.8. The second-order valence-electron chi connectivity index (χ2n) is 14.8. The fraction of sp³-hybridized carbons (Fsp3) is 0.458. The molecule has 3 aromatic carbocycles. The highest BCUT2D eigenvalue weighted by molar-refractivity contribution is 5.74. The van der Waals surface area contributed by atoms with Crippen LogP contribution >= 0.6 is 0 Å². The third kappa shape index (κ3) is 16.8. The van der Waals surface area contributed by atoms with Crippen molar-refractivity contribution in [1.29, 1.82) is 0 Å². The van der Waals surface area contributed by atoms with Crippen LogP contribution in [0.25, 0.3) is 24.3 Å². The van der Waals surface area contributed by atoms with Crippen molar-refractivity contribution >= 4 is 59.6 Å². The van der Waals surface area contributed by atoms with Gasteiger partial charge in [0.15, 0.2) is 0 Å². The van der Waals surface area contributed by atoms with Gasteiger partial charge in [0.05, 0.1) is 92.4 Å². The summed E-state index contributed by atoms with van der Waals surface area (Å²) in [6.07, 6.45) is 12.6. The molecule has 3 aromatic rings. The smallest absolute Gasteiger partial charge is 0.305 e. The van der Waals surface area contributed by atoms with Crippen LogP contribution in [-0.4, -0.2) is 90.6 Å². The van der Waals surface area contributed by atoms with Gasteiger partial charge in [-0.1, -0.05) is 48.6 Å². The molecule has 0 saturated carbocycles. The Morgan fingerprint density at radius 2 is 0.603 bits per heavy atom. The lowest BCUT2D eigenvalue weighted by Crippen LogP contribution is -2.47. The first-order valence-corrected chi connectivity index (χ1v) is 20.9. The maximum atomic E-state index is 12.0. The average molecular weight is 799 g/mol. The van der Waals surface area contributed by atoms with Crippen molar-refractivity contribution in [2.75, 3.05) is 66.7 Å². The van der Waals surface area contributed by atoms with Gasteiger partial charge < -0.3 is 18.9 Å². The first kappa shape index (κ1) is 47.3. The molecule has 10 heteroatoms. The Morgan fingerprint density at radius 3 is 0.810 bits per heavy atom.